The van der Waals surface area contributed by atoms with Gasteiger partial charge >= 0.3 is 7.69 Å². The average Bonchev–Trinajstić information content (AvgIpc) is 3.40. The lowest BCUT2D eigenvalue weighted by atomic mass is 10.2. The molecule has 0 aliphatic rings. The molecule has 2 aromatic heterocycles. The van der Waals surface area contributed by atoms with E-state index in [1.807, 2.05) is 24.5 Å². The average molecular weight is 540 g/mol. The molecule has 0 fully saturated rings. The molecule has 0 amide bonds. The highest BCUT2D eigenvalue weighted by Gasteiger charge is 2.39. The van der Waals surface area contributed by atoms with E-state index >= 15 is 0 Å². The summed E-state index contributed by atoms with van der Waals surface area (Å²) in [5.74, 6) is -0.853. The third-order valence-electron chi connectivity index (χ3n) is 8.76. The molecule has 2 heterocycles. The van der Waals surface area contributed by atoms with Crippen molar-refractivity contribution in [2.45, 2.75) is 77.8 Å². The summed E-state index contributed by atoms with van der Waals surface area (Å²) in [6.45, 7) is 22.6. The third-order valence-corrected chi connectivity index (χ3v) is 19.3. The summed E-state index contributed by atoms with van der Waals surface area (Å²) in [6, 6.07) is 10.2. The van der Waals surface area contributed by atoms with Crippen molar-refractivity contribution >= 4 is 46.0 Å². The largest absolute Gasteiger partial charge is 0.658 e. The Morgan fingerprint density at radius 2 is 0.973 bits per heavy atom. The Morgan fingerprint density at radius 3 is 1.30 bits per heavy atom. The lowest BCUT2D eigenvalue weighted by Crippen LogP contribution is -2.44. The Bertz CT molecular complexity index is 1350. The van der Waals surface area contributed by atoms with Gasteiger partial charge in [0, 0.05) is 21.8 Å². The topological polar surface area (TPSA) is 28.3 Å². The van der Waals surface area contributed by atoms with Crippen LogP contribution in [-0.2, 0) is 0 Å². The van der Waals surface area contributed by atoms with Crippen LogP contribution in [0.5, 0.6) is 11.5 Å². The van der Waals surface area contributed by atoms with Gasteiger partial charge in [-0.3, -0.25) is 0 Å². The normalized spacial score (nSPS) is 13.4. The molecule has 2 aromatic carbocycles. The van der Waals surface area contributed by atoms with Gasteiger partial charge in [0.05, 0.1) is 0 Å². The molecule has 0 bridgehead atoms. The van der Waals surface area contributed by atoms with Crippen LogP contribution in [0.4, 0.5) is 8.78 Å². The predicted octanol–water partition coefficient (Wildman–Crippen LogP) is 8.57. The lowest BCUT2D eigenvalue weighted by molar-refractivity contribution is 0.427. The first-order valence-corrected chi connectivity index (χ1v) is 18.6. The van der Waals surface area contributed by atoms with E-state index in [1.54, 1.807) is 12.1 Å². The fourth-order valence-electron chi connectivity index (χ4n) is 4.38. The predicted molar refractivity (Wildman–Crippen MR) is 156 cm³/mol. The Hall–Kier alpha value is -2.52. The Labute approximate surface area is 222 Å². The summed E-state index contributed by atoms with van der Waals surface area (Å²) in [5.41, 5.74) is 1.83. The molecular weight excluding hydrogens is 501 g/mol. The van der Waals surface area contributed by atoms with Gasteiger partial charge in [0.25, 0.3) is 0 Å². The number of nitrogens with zero attached hydrogens (tertiary/aromatic N) is 2. The molecule has 0 aliphatic carbocycles. The molecule has 0 saturated heterocycles. The number of rotatable bonds is 6. The number of halogens is 2. The fourth-order valence-corrected chi connectivity index (χ4v) is 8.32. The molecule has 4 aromatic rings. The second-order valence-electron chi connectivity index (χ2n) is 12.9. The molecular formula is C28H38BF2N2O2Si2. The summed E-state index contributed by atoms with van der Waals surface area (Å²) in [5, 5.41) is 1.51. The molecule has 0 unspecified atom stereocenters. The summed E-state index contributed by atoms with van der Waals surface area (Å²) >= 11 is 0. The van der Waals surface area contributed by atoms with Crippen molar-refractivity contribution in [2.24, 2.45) is 0 Å². The first kappa shape index (κ1) is 27.5. The monoisotopic (exact) mass is 539 g/mol. The maximum Gasteiger partial charge on any atom is 0.658 e. The van der Waals surface area contributed by atoms with E-state index < -0.39 is 28.1 Å². The van der Waals surface area contributed by atoms with E-state index in [-0.39, 0.29) is 21.6 Å². The van der Waals surface area contributed by atoms with E-state index in [1.165, 1.54) is 12.1 Å². The van der Waals surface area contributed by atoms with Crippen LogP contribution in [0.1, 0.15) is 41.5 Å². The number of aromatic nitrogens is 2. The molecule has 197 valence electrons. The summed E-state index contributed by atoms with van der Waals surface area (Å²) in [4.78, 5) is 0. The van der Waals surface area contributed by atoms with Crippen molar-refractivity contribution in [1.82, 2.24) is 8.47 Å². The van der Waals surface area contributed by atoms with Crippen molar-refractivity contribution in [3.05, 3.63) is 60.4 Å². The van der Waals surface area contributed by atoms with Crippen LogP contribution in [0.3, 0.4) is 0 Å². The van der Waals surface area contributed by atoms with E-state index in [4.69, 9.17) is 9.31 Å². The zero-order valence-corrected chi connectivity index (χ0v) is 25.7. The maximum absolute atomic E-state index is 14.9. The van der Waals surface area contributed by atoms with Crippen molar-refractivity contribution < 1.29 is 18.1 Å². The smallest absolute Gasteiger partial charge is 0.524 e. The quantitative estimate of drug-likeness (QED) is 0.230. The number of hydrogen-bond donors (Lipinski definition) is 0. The molecule has 0 atom stereocenters. The first-order chi connectivity index (χ1) is 17.0. The van der Waals surface area contributed by atoms with Gasteiger partial charge in [-0.15, -0.1) is 0 Å². The van der Waals surface area contributed by atoms with Crippen LogP contribution < -0.4 is 9.31 Å². The molecule has 4 rings (SSSR count). The minimum atomic E-state index is -1.93. The number of hydrogen-bond acceptors (Lipinski definition) is 2. The molecule has 9 heteroatoms. The van der Waals surface area contributed by atoms with Gasteiger partial charge in [-0.05, 0) is 58.9 Å². The second-order valence-corrected chi connectivity index (χ2v) is 23.1. The van der Waals surface area contributed by atoms with Gasteiger partial charge in [-0.2, -0.15) is 0 Å². The minimum absolute atomic E-state index is 0.0707. The molecule has 0 saturated carbocycles. The Morgan fingerprint density at radius 1 is 0.622 bits per heavy atom. The Balaban J connectivity index is 1.65. The number of fused-ring (bicyclic) bond motifs is 2. The maximum atomic E-state index is 14.9. The zero-order valence-electron chi connectivity index (χ0n) is 23.7. The van der Waals surface area contributed by atoms with Crippen molar-refractivity contribution in [1.29, 1.82) is 0 Å². The summed E-state index contributed by atoms with van der Waals surface area (Å²) in [6.07, 6.45) is 4.03. The van der Waals surface area contributed by atoms with Crippen LogP contribution >= 0.6 is 0 Å². The van der Waals surface area contributed by atoms with Gasteiger partial charge in [0.2, 0.25) is 0 Å². The second kappa shape index (κ2) is 9.05. The van der Waals surface area contributed by atoms with Gasteiger partial charge in [-0.25, -0.2) is 8.78 Å². The van der Waals surface area contributed by atoms with E-state index in [0.717, 1.165) is 18.7 Å². The first-order valence-electron chi connectivity index (χ1n) is 12.7. The minimum Gasteiger partial charge on any atom is -0.524 e. The highest BCUT2D eigenvalue weighted by Crippen LogP contribution is 2.42. The molecule has 0 N–H and O–H groups in total. The van der Waals surface area contributed by atoms with Crippen LogP contribution in [0.15, 0.2) is 48.8 Å². The molecule has 4 nitrogen and oxygen atoms in total. The van der Waals surface area contributed by atoms with Crippen LogP contribution in [0.25, 0.3) is 21.8 Å². The lowest BCUT2D eigenvalue weighted by Gasteiger charge is -2.38. The summed E-state index contributed by atoms with van der Waals surface area (Å²) in [7, 11) is -2.84. The van der Waals surface area contributed by atoms with Crippen LogP contribution in [0.2, 0.25) is 36.3 Å². The summed E-state index contributed by atoms with van der Waals surface area (Å²) < 4.78 is 45.8. The van der Waals surface area contributed by atoms with E-state index in [2.05, 4.69) is 76.2 Å². The van der Waals surface area contributed by atoms with Gasteiger partial charge in [0.1, 0.15) is 11.5 Å². The van der Waals surface area contributed by atoms with Crippen LogP contribution in [0, 0.1) is 11.6 Å². The van der Waals surface area contributed by atoms with Gasteiger partial charge < -0.3 is 17.8 Å². The molecule has 0 aliphatic heterocycles. The van der Waals surface area contributed by atoms with Crippen molar-refractivity contribution in [3.8, 4) is 11.5 Å². The third kappa shape index (κ3) is 4.54. The highest BCUT2D eigenvalue weighted by atomic mass is 28.3. The molecule has 37 heavy (non-hydrogen) atoms. The van der Waals surface area contributed by atoms with Crippen molar-refractivity contribution in [2.75, 3.05) is 0 Å². The standard InChI is InChI=1S/C28H38BF2N2O2Si2/c1-27(2,3)36(7,8)32-17-15-19-23(32)13-11-21(30)25(19)34-29-35-26-20-16-18-33(24(20)14-12-22(26)31)37(9,10)28(4,5)6/h11-18H,1-10H3. The zero-order chi connectivity index (χ0) is 27.6. The SMILES string of the molecule is CC(C)(C)[Si](C)(C)n1ccc2c(O[B]Oc3c(F)ccc4c3ccn4[Si](C)(C)C(C)(C)C)c(F)ccc21. The van der Waals surface area contributed by atoms with Crippen molar-refractivity contribution in [3.63, 3.8) is 0 Å². The van der Waals surface area contributed by atoms with Gasteiger partial charge in [-0.1, -0.05) is 67.7 Å². The highest BCUT2D eigenvalue weighted by molar-refractivity contribution is 6.79. The fraction of sp³-hybridized carbons (Fsp3) is 0.429. The van der Waals surface area contributed by atoms with Crippen LogP contribution in [-0.4, -0.2) is 32.6 Å². The van der Waals surface area contributed by atoms with E-state index in [0.29, 0.717) is 10.8 Å². The number of benzene rings is 2. The molecule has 0 spiro atoms. The van der Waals surface area contributed by atoms with Gasteiger partial charge in [0.15, 0.2) is 28.1 Å². The molecule has 1 radical (unpaired) electrons. The Kier molecular flexibility index (Phi) is 6.73. The van der Waals surface area contributed by atoms with E-state index in [9.17, 15) is 8.78 Å².